The van der Waals surface area contributed by atoms with Crippen molar-refractivity contribution in [2.45, 2.75) is 50.9 Å². The van der Waals surface area contributed by atoms with E-state index in [1.165, 1.54) is 18.2 Å². The lowest BCUT2D eigenvalue weighted by Crippen LogP contribution is -2.31. The molecule has 0 saturated heterocycles. The molecular weight excluding hydrogens is 415 g/mol. The van der Waals surface area contributed by atoms with Crippen LogP contribution >= 0.6 is 0 Å². The lowest BCUT2D eigenvalue weighted by molar-refractivity contribution is -0.161. The molecule has 2 aliphatic rings. The molecule has 0 amide bonds. The predicted molar refractivity (Wildman–Crippen MR) is 106 cm³/mol. The highest BCUT2D eigenvalue weighted by molar-refractivity contribution is 5.64. The molecule has 1 saturated carbocycles. The second-order valence-corrected chi connectivity index (χ2v) is 8.24. The van der Waals surface area contributed by atoms with Gasteiger partial charge in [0.25, 0.3) is 0 Å². The zero-order valence-corrected chi connectivity index (χ0v) is 16.9. The van der Waals surface area contributed by atoms with Crippen molar-refractivity contribution in [3.8, 4) is 11.3 Å². The lowest BCUT2D eigenvalue weighted by Gasteiger charge is -2.29. The van der Waals surface area contributed by atoms with E-state index < -0.39 is 23.2 Å². The van der Waals surface area contributed by atoms with Gasteiger partial charge >= 0.3 is 6.18 Å². The second-order valence-electron chi connectivity index (χ2n) is 8.24. The van der Waals surface area contributed by atoms with Gasteiger partial charge in [-0.05, 0) is 43.5 Å². The van der Waals surface area contributed by atoms with Crippen LogP contribution in [0.1, 0.15) is 36.7 Å². The summed E-state index contributed by atoms with van der Waals surface area (Å²) >= 11 is 0. The number of nitrogens with zero attached hydrogens (tertiary/aromatic N) is 3. The van der Waals surface area contributed by atoms with Gasteiger partial charge in [-0.15, -0.1) is 0 Å². The van der Waals surface area contributed by atoms with Crippen molar-refractivity contribution in [1.82, 2.24) is 14.8 Å². The van der Waals surface area contributed by atoms with Crippen molar-refractivity contribution in [2.75, 3.05) is 11.4 Å². The molecule has 3 heterocycles. The summed E-state index contributed by atoms with van der Waals surface area (Å²) in [6.45, 7) is 3.28. The molecule has 0 unspecified atom stereocenters. The Kier molecular flexibility index (Phi) is 4.43. The van der Waals surface area contributed by atoms with Crippen LogP contribution < -0.4 is 4.90 Å². The van der Waals surface area contributed by atoms with Crippen LogP contribution in [-0.2, 0) is 24.9 Å². The number of hydrogen-bond donors (Lipinski definition) is 1. The van der Waals surface area contributed by atoms with Crippen LogP contribution in [0.15, 0.2) is 30.3 Å². The standard InChI is InChI=1S/C22H21F5N4/c1-2-31-19(11-18(29-31)21(7-8-21)22(25,26)27)30-9-6-16-13(12-30)10-17(28-16)20-14(23)4-3-5-15(20)24/h3-5,10-11,28H,2,6-9,12H2,1H3. The average Bonchev–Trinajstić information content (AvgIpc) is 3.27. The maximum atomic E-state index is 14.2. The molecule has 0 spiro atoms. The third kappa shape index (κ3) is 3.13. The SMILES string of the molecule is CCn1nc(C2(C(F)(F)F)CC2)cc1N1CCc2[nH]c(-c3c(F)cccc3F)cc2C1. The second kappa shape index (κ2) is 6.83. The minimum absolute atomic E-state index is 0.0657. The summed E-state index contributed by atoms with van der Waals surface area (Å²) in [5.41, 5.74) is 0.251. The number of halogens is 5. The number of fused-ring (bicyclic) bond motifs is 1. The topological polar surface area (TPSA) is 36.9 Å². The van der Waals surface area contributed by atoms with Gasteiger partial charge in [-0.1, -0.05) is 6.07 Å². The molecule has 31 heavy (non-hydrogen) atoms. The third-order valence-corrected chi connectivity index (χ3v) is 6.38. The van der Waals surface area contributed by atoms with Crippen molar-refractivity contribution in [3.63, 3.8) is 0 Å². The van der Waals surface area contributed by atoms with Crippen LogP contribution in [0.25, 0.3) is 11.3 Å². The maximum absolute atomic E-state index is 14.2. The van der Waals surface area contributed by atoms with Gasteiger partial charge in [-0.2, -0.15) is 18.3 Å². The number of aromatic amines is 1. The van der Waals surface area contributed by atoms with Gasteiger partial charge in [0, 0.05) is 37.8 Å². The van der Waals surface area contributed by atoms with E-state index >= 15 is 0 Å². The number of aromatic nitrogens is 3. The normalized spacial score (nSPS) is 17.7. The fourth-order valence-electron chi connectivity index (χ4n) is 4.46. The Hall–Kier alpha value is -2.84. The van der Waals surface area contributed by atoms with Gasteiger partial charge < -0.3 is 9.88 Å². The van der Waals surface area contributed by atoms with Crippen molar-refractivity contribution in [3.05, 3.63) is 58.9 Å². The average molecular weight is 436 g/mol. The largest absolute Gasteiger partial charge is 0.400 e. The first-order chi connectivity index (χ1) is 14.7. The van der Waals surface area contributed by atoms with Crippen LogP contribution in [0.3, 0.4) is 0 Å². The number of aryl methyl sites for hydroxylation is 1. The molecule has 4 nitrogen and oxygen atoms in total. The number of benzene rings is 1. The molecule has 0 radical (unpaired) electrons. The molecular formula is C22H21F5N4. The Bertz CT molecular complexity index is 1120. The first-order valence-electron chi connectivity index (χ1n) is 10.3. The summed E-state index contributed by atoms with van der Waals surface area (Å²) in [5.74, 6) is -0.657. The summed E-state index contributed by atoms with van der Waals surface area (Å²) in [4.78, 5) is 5.09. The van der Waals surface area contributed by atoms with E-state index in [1.54, 1.807) is 16.8 Å². The number of alkyl halides is 3. The number of nitrogens with one attached hydrogen (secondary N) is 1. The zero-order valence-electron chi connectivity index (χ0n) is 16.9. The first-order valence-corrected chi connectivity index (χ1v) is 10.3. The lowest BCUT2D eigenvalue weighted by atomic mass is 10.0. The Morgan fingerprint density at radius 3 is 2.45 bits per heavy atom. The van der Waals surface area contributed by atoms with Gasteiger partial charge in [0.15, 0.2) is 0 Å². The molecule has 1 N–H and O–H groups in total. The Balaban J connectivity index is 1.46. The van der Waals surface area contributed by atoms with E-state index in [1.807, 2.05) is 11.8 Å². The highest BCUT2D eigenvalue weighted by atomic mass is 19.4. The highest BCUT2D eigenvalue weighted by Crippen LogP contribution is 2.58. The molecule has 5 rings (SSSR count). The van der Waals surface area contributed by atoms with E-state index in [4.69, 9.17) is 0 Å². The van der Waals surface area contributed by atoms with E-state index in [-0.39, 0.29) is 24.1 Å². The molecule has 9 heteroatoms. The molecule has 1 fully saturated rings. The monoisotopic (exact) mass is 436 g/mol. The first kappa shape index (κ1) is 20.1. The van der Waals surface area contributed by atoms with Crippen LogP contribution in [0.2, 0.25) is 0 Å². The number of rotatable bonds is 4. The van der Waals surface area contributed by atoms with Crippen molar-refractivity contribution in [2.24, 2.45) is 0 Å². The third-order valence-electron chi connectivity index (χ3n) is 6.38. The van der Waals surface area contributed by atoms with Crippen LogP contribution in [0, 0.1) is 11.6 Å². The van der Waals surface area contributed by atoms with Crippen LogP contribution in [0.5, 0.6) is 0 Å². The maximum Gasteiger partial charge on any atom is 0.400 e. The Morgan fingerprint density at radius 2 is 1.84 bits per heavy atom. The molecule has 2 aromatic heterocycles. The number of H-pyrrole nitrogens is 1. The molecule has 0 atom stereocenters. The Morgan fingerprint density at radius 1 is 1.13 bits per heavy atom. The molecule has 3 aromatic rings. The number of hydrogen-bond acceptors (Lipinski definition) is 2. The van der Waals surface area contributed by atoms with Crippen LogP contribution in [0.4, 0.5) is 27.8 Å². The van der Waals surface area contributed by atoms with Gasteiger partial charge in [0.2, 0.25) is 0 Å². The van der Waals surface area contributed by atoms with Crippen molar-refractivity contribution < 1.29 is 22.0 Å². The predicted octanol–water partition coefficient (Wildman–Crippen LogP) is 5.33. The van der Waals surface area contributed by atoms with Crippen molar-refractivity contribution in [1.29, 1.82) is 0 Å². The fourth-order valence-corrected chi connectivity index (χ4v) is 4.46. The summed E-state index contributed by atoms with van der Waals surface area (Å²) in [5, 5.41) is 4.28. The molecule has 1 aromatic carbocycles. The minimum Gasteiger partial charge on any atom is -0.358 e. The smallest absolute Gasteiger partial charge is 0.358 e. The summed E-state index contributed by atoms with van der Waals surface area (Å²) < 4.78 is 70.7. The van der Waals surface area contributed by atoms with Gasteiger partial charge in [-0.25, -0.2) is 13.5 Å². The van der Waals surface area contributed by atoms with Gasteiger partial charge in [0.1, 0.15) is 22.9 Å². The van der Waals surface area contributed by atoms with E-state index in [9.17, 15) is 22.0 Å². The van der Waals surface area contributed by atoms with E-state index in [2.05, 4.69) is 10.1 Å². The summed E-state index contributed by atoms with van der Waals surface area (Å²) in [6, 6.07) is 7.00. The van der Waals surface area contributed by atoms with Crippen LogP contribution in [-0.4, -0.2) is 27.5 Å². The summed E-state index contributed by atoms with van der Waals surface area (Å²) in [6.07, 6.45) is -3.60. The van der Waals surface area contributed by atoms with Gasteiger partial charge in [-0.3, -0.25) is 0 Å². The molecule has 0 bridgehead atoms. The minimum atomic E-state index is -4.31. The zero-order chi connectivity index (χ0) is 22.0. The highest BCUT2D eigenvalue weighted by Gasteiger charge is 2.65. The van der Waals surface area contributed by atoms with E-state index in [0.717, 1.165) is 11.3 Å². The molecule has 164 valence electrons. The Labute approximate surface area is 175 Å². The molecule has 1 aliphatic heterocycles. The van der Waals surface area contributed by atoms with E-state index in [0.29, 0.717) is 37.6 Å². The van der Waals surface area contributed by atoms with Crippen molar-refractivity contribution >= 4 is 5.82 Å². The van der Waals surface area contributed by atoms with Gasteiger partial charge in [0.05, 0.1) is 17.0 Å². The fraction of sp³-hybridized carbons (Fsp3) is 0.409. The quantitative estimate of drug-likeness (QED) is 0.561. The molecule has 1 aliphatic carbocycles. The number of anilines is 1. The summed E-state index contributed by atoms with van der Waals surface area (Å²) in [7, 11) is 0.